The number of guanidine groups is 1. The molecule has 3 rings (SSSR count). The largest absolute Gasteiger partial charge is 0.480 e. The standard InChI is InChI=1S/C30H32N4O8/c35-26(36)25(32-28(37)40-19-22-11-4-1-5-12-22)17-10-18-31-27(33-29(38)41-20-23-13-6-2-7-14-23)34-30(39)42-21-24-15-8-3-9-16-24/h1-9,11-16,25H,10,17-21H2,(H,32,37)(H,35,36)(H2,31,33,34,38,39). The topological polar surface area (TPSA) is 165 Å². The lowest BCUT2D eigenvalue weighted by atomic mass is 10.1. The summed E-state index contributed by atoms with van der Waals surface area (Å²) in [5.41, 5.74) is 2.27. The minimum atomic E-state index is -1.24. The highest BCUT2D eigenvalue weighted by atomic mass is 16.6. The van der Waals surface area contributed by atoms with Gasteiger partial charge in [-0.05, 0) is 29.5 Å². The number of nitrogens with one attached hydrogen (secondary N) is 3. The molecule has 0 fully saturated rings. The summed E-state index contributed by atoms with van der Waals surface area (Å²) in [5, 5.41) is 17.0. The number of amides is 3. The van der Waals surface area contributed by atoms with Crippen LogP contribution < -0.4 is 16.0 Å². The summed E-state index contributed by atoms with van der Waals surface area (Å²) in [7, 11) is 0. The number of benzene rings is 3. The highest BCUT2D eigenvalue weighted by Crippen LogP contribution is 2.04. The number of rotatable bonds is 12. The molecule has 0 aliphatic heterocycles. The molecule has 0 spiro atoms. The first-order valence-electron chi connectivity index (χ1n) is 13.1. The van der Waals surface area contributed by atoms with Gasteiger partial charge in [-0.15, -0.1) is 4.99 Å². The molecule has 0 aromatic heterocycles. The number of alkyl carbamates (subject to hydrolysis) is 2. The third kappa shape index (κ3) is 12.2. The molecule has 0 bridgehead atoms. The van der Waals surface area contributed by atoms with E-state index in [0.29, 0.717) is 0 Å². The lowest BCUT2D eigenvalue weighted by molar-refractivity contribution is -0.139. The van der Waals surface area contributed by atoms with Crippen LogP contribution >= 0.6 is 0 Å². The van der Waals surface area contributed by atoms with Crippen LogP contribution in [-0.2, 0) is 38.8 Å². The van der Waals surface area contributed by atoms with Gasteiger partial charge in [-0.1, -0.05) is 91.0 Å². The van der Waals surface area contributed by atoms with E-state index < -0.39 is 30.3 Å². The van der Waals surface area contributed by atoms with E-state index in [4.69, 9.17) is 14.2 Å². The molecule has 12 heteroatoms. The Hall–Kier alpha value is -5.39. The Kier molecular flexibility index (Phi) is 12.9. The first-order valence-corrected chi connectivity index (χ1v) is 13.1. The van der Waals surface area contributed by atoms with Gasteiger partial charge < -0.3 is 30.0 Å². The van der Waals surface area contributed by atoms with Crippen molar-refractivity contribution < 1.29 is 38.5 Å². The zero-order valence-electron chi connectivity index (χ0n) is 22.7. The summed E-state index contributed by atoms with van der Waals surface area (Å²) in [6.07, 6.45) is -2.46. The van der Waals surface area contributed by atoms with Crippen LogP contribution in [0.4, 0.5) is 14.4 Å². The zero-order valence-corrected chi connectivity index (χ0v) is 22.7. The van der Waals surface area contributed by atoms with Crippen molar-refractivity contribution in [2.75, 3.05) is 6.54 Å². The predicted molar refractivity (Wildman–Crippen MR) is 152 cm³/mol. The molecular weight excluding hydrogens is 544 g/mol. The number of hydrogen-bond donors (Lipinski definition) is 4. The second kappa shape index (κ2) is 17.3. The summed E-state index contributed by atoms with van der Waals surface area (Å²) >= 11 is 0. The van der Waals surface area contributed by atoms with Crippen molar-refractivity contribution >= 4 is 30.2 Å². The Labute approximate surface area is 242 Å². The molecule has 0 aliphatic rings. The monoisotopic (exact) mass is 576 g/mol. The number of hydrogen-bond acceptors (Lipinski definition) is 7. The maximum Gasteiger partial charge on any atom is 0.437 e. The molecule has 3 amide bonds. The Bertz CT molecular complexity index is 1320. The van der Waals surface area contributed by atoms with Gasteiger partial charge >= 0.3 is 24.2 Å². The summed E-state index contributed by atoms with van der Waals surface area (Å²) in [5.74, 6) is -1.49. The molecule has 1 atom stereocenters. The fourth-order valence-corrected chi connectivity index (χ4v) is 3.49. The van der Waals surface area contributed by atoms with E-state index in [1.165, 1.54) is 0 Å². The van der Waals surface area contributed by atoms with Gasteiger partial charge in [0.05, 0.1) is 0 Å². The van der Waals surface area contributed by atoms with Crippen molar-refractivity contribution in [2.45, 2.75) is 38.7 Å². The molecule has 3 aromatic rings. The van der Waals surface area contributed by atoms with E-state index in [-0.39, 0.29) is 45.2 Å². The summed E-state index contributed by atoms with van der Waals surface area (Å²) < 4.78 is 15.4. The Morgan fingerprint density at radius 2 is 1.17 bits per heavy atom. The second-order valence-corrected chi connectivity index (χ2v) is 8.85. The minimum Gasteiger partial charge on any atom is -0.480 e. The van der Waals surface area contributed by atoms with Crippen LogP contribution in [0.15, 0.2) is 96.0 Å². The van der Waals surface area contributed by atoms with E-state index in [1.54, 1.807) is 72.8 Å². The molecular formula is C30H32N4O8. The first kappa shape index (κ1) is 31.1. The van der Waals surface area contributed by atoms with Crippen molar-refractivity contribution in [3.8, 4) is 0 Å². The van der Waals surface area contributed by atoms with Gasteiger partial charge in [-0.3, -0.25) is 5.32 Å². The number of aliphatic carboxylic acids is 1. The molecule has 12 nitrogen and oxygen atoms in total. The number of carboxylic acid groups (broad SMARTS) is 1. The fraction of sp³-hybridized carbons (Fsp3) is 0.233. The number of carbonyl (C=O) groups excluding carboxylic acids is 3. The smallest absolute Gasteiger partial charge is 0.437 e. The average molecular weight is 577 g/mol. The highest BCUT2D eigenvalue weighted by Gasteiger charge is 2.20. The predicted octanol–water partition coefficient (Wildman–Crippen LogP) is 4.36. The average Bonchev–Trinajstić information content (AvgIpc) is 3.00. The number of ether oxygens (including phenoxy) is 3. The number of carboxylic acids is 1. The molecule has 0 radical (unpaired) electrons. The van der Waals surface area contributed by atoms with Gasteiger partial charge in [-0.2, -0.15) is 0 Å². The zero-order chi connectivity index (χ0) is 30.0. The Balaban J connectivity index is 1.51. The third-order valence-electron chi connectivity index (χ3n) is 5.61. The Morgan fingerprint density at radius 3 is 1.67 bits per heavy atom. The number of nitrogens with zero attached hydrogens (tertiary/aromatic N) is 1. The van der Waals surface area contributed by atoms with E-state index in [2.05, 4.69) is 20.9 Å². The van der Waals surface area contributed by atoms with Gasteiger partial charge in [0.1, 0.15) is 25.9 Å². The maximum atomic E-state index is 12.4. The maximum absolute atomic E-state index is 12.4. The SMILES string of the molecule is O=C(/N=C(\NCCCC(NC(=O)OCc1ccccc1)C(=O)O)NC(=O)OCc1ccccc1)OCc1ccccc1. The molecule has 0 aliphatic carbocycles. The van der Waals surface area contributed by atoms with E-state index in [1.807, 2.05) is 18.2 Å². The van der Waals surface area contributed by atoms with Gasteiger partial charge in [0.15, 0.2) is 0 Å². The molecule has 1 unspecified atom stereocenters. The molecule has 4 N–H and O–H groups in total. The Morgan fingerprint density at radius 1 is 0.690 bits per heavy atom. The molecule has 42 heavy (non-hydrogen) atoms. The van der Waals surface area contributed by atoms with E-state index in [9.17, 15) is 24.3 Å². The first-order chi connectivity index (χ1) is 20.4. The number of aliphatic imine (C=N–C) groups is 1. The molecule has 0 saturated carbocycles. The van der Waals surface area contributed by atoms with Crippen LogP contribution in [0.1, 0.15) is 29.5 Å². The van der Waals surface area contributed by atoms with Crippen molar-refractivity contribution in [1.29, 1.82) is 0 Å². The van der Waals surface area contributed by atoms with Crippen molar-refractivity contribution in [3.63, 3.8) is 0 Å². The highest BCUT2D eigenvalue weighted by molar-refractivity contribution is 5.98. The lowest BCUT2D eigenvalue weighted by Crippen LogP contribution is -2.44. The van der Waals surface area contributed by atoms with Crippen LogP contribution in [0.3, 0.4) is 0 Å². The minimum absolute atomic E-state index is 0.00714. The van der Waals surface area contributed by atoms with Crippen LogP contribution in [0.5, 0.6) is 0 Å². The lowest BCUT2D eigenvalue weighted by Gasteiger charge is -2.16. The van der Waals surface area contributed by atoms with Gasteiger partial charge in [0.2, 0.25) is 5.96 Å². The van der Waals surface area contributed by atoms with Gasteiger partial charge in [-0.25, -0.2) is 19.2 Å². The van der Waals surface area contributed by atoms with Crippen LogP contribution in [0.2, 0.25) is 0 Å². The summed E-state index contributed by atoms with van der Waals surface area (Å²) in [6, 6.07) is 25.7. The van der Waals surface area contributed by atoms with Crippen molar-refractivity contribution in [2.24, 2.45) is 4.99 Å². The molecule has 0 heterocycles. The van der Waals surface area contributed by atoms with E-state index in [0.717, 1.165) is 16.7 Å². The second-order valence-electron chi connectivity index (χ2n) is 8.85. The number of carbonyl (C=O) groups is 4. The normalized spacial score (nSPS) is 11.5. The quantitative estimate of drug-likeness (QED) is 0.106. The molecule has 220 valence electrons. The van der Waals surface area contributed by atoms with Gasteiger partial charge in [0, 0.05) is 6.54 Å². The van der Waals surface area contributed by atoms with Crippen molar-refractivity contribution in [3.05, 3.63) is 108 Å². The molecule has 3 aromatic carbocycles. The summed E-state index contributed by atoms with van der Waals surface area (Å²) in [6.45, 7) is 0.0487. The van der Waals surface area contributed by atoms with Crippen molar-refractivity contribution in [1.82, 2.24) is 16.0 Å². The summed E-state index contributed by atoms with van der Waals surface area (Å²) in [4.78, 5) is 52.2. The van der Waals surface area contributed by atoms with Crippen LogP contribution in [-0.4, -0.2) is 47.9 Å². The van der Waals surface area contributed by atoms with E-state index >= 15 is 0 Å². The third-order valence-corrected chi connectivity index (χ3v) is 5.61. The van der Waals surface area contributed by atoms with Crippen LogP contribution in [0.25, 0.3) is 0 Å². The van der Waals surface area contributed by atoms with Crippen LogP contribution in [0, 0.1) is 0 Å². The fourth-order valence-electron chi connectivity index (χ4n) is 3.49. The van der Waals surface area contributed by atoms with Gasteiger partial charge in [0.25, 0.3) is 0 Å². The molecule has 0 saturated heterocycles.